The van der Waals surface area contributed by atoms with Gasteiger partial charge in [-0.05, 0) is 84.5 Å². The van der Waals surface area contributed by atoms with E-state index in [2.05, 4.69) is 61.5 Å². The summed E-state index contributed by atoms with van der Waals surface area (Å²) in [6.07, 6.45) is 1.52. The van der Waals surface area contributed by atoms with Crippen molar-refractivity contribution in [3.8, 4) is 22.5 Å². The molecule has 1 aliphatic rings. The highest BCUT2D eigenvalue weighted by atomic mass is 16.4. The van der Waals surface area contributed by atoms with Crippen LogP contribution in [0.15, 0.2) is 151 Å². The molecule has 0 radical (unpaired) electrons. The van der Waals surface area contributed by atoms with Gasteiger partial charge in [0.15, 0.2) is 11.5 Å². The Hall–Kier alpha value is -6.06. The van der Waals surface area contributed by atoms with Gasteiger partial charge in [0.25, 0.3) is 0 Å². The van der Waals surface area contributed by atoms with Crippen LogP contribution in [0.1, 0.15) is 64.2 Å². The summed E-state index contributed by atoms with van der Waals surface area (Å²) in [4.78, 5) is 17.0. The molecule has 0 spiro atoms. The minimum atomic E-state index is -1.37. The van der Waals surface area contributed by atoms with Crippen LogP contribution in [0.4, 0.5) is 5.69 Å². The summed E-state index contributed by atoms with van der Waals surface area (Å²) in [7, 11) is 0. The fourth-order valence-corrected chi connectivity index (χ4v) is 8.49. The number of hydrogen-bond donors (Lipinski definition) is 2. The van der Waals surface area contributed by atoms with Crippen LogP contribution in [0.2, 0.25) is 0 Å². The van der Waals surface area contributed by atoms with Crippen molar-refractivity contribution in [2.45, 2.75) is 64.3 Å². The van der Waals surface area contributed by atoms with Crippen molar-refractivity contribution >= 4 is 11.7 Å². The molecule has 9 heteroatoms. The molecule has 0 saturated heterocycles. The number of carboxylic acid groups (broad SMARTS) is 1. The van der Waals surface area contributed by atoms with E-state index in [1.165, 1.54) is 0 Å². The van der Waals surface area contributed by atoms with Crippen molar-refractivity contribution in [3.63, 3.8) is 0 Å². The molecule has 1 atom stereocenters. The topological polar surface area (TPSA) is 108 Å². The summed E-state index contributed by atoms with van der Waals surface area (Å²) in [5.41, 5.74) is 3.93. The van der Waals surface area contributed by atoms with Gasteiger partial charge in [-0.25, -0.2) is 9.48 Å². The van der Waals surface area contributed by atoms with Gasteiger partial charge >= 0.3 is 5.97 Å². The van der Waals surface area contributed by atoms with E-state index in [4.69, 9.17) is 10.3 Å². The van der Waals surface area contributed by atoms with Crippen molar-refractivity contribution in [1.82, 2.24) is 25.1 Å². The van der Waals surface area contributed by atoms with E-state index < -0.39 is 22.8 Å². The Morgan fingerprint density at radius 2 is 1.22 bits per heavy atom. The molecule has 1 aromatic heterocycles. The second kappa shape index (κ2) is 14.4. The van der Waals surface area contributed by atoms with E-state index >= 15 is 0 Å². The summed E-state index contributed by atoms with van der Waals surface area (Å²) < 4.78 is 1.93. The second-order valence-corrected chi connectivity index (χ2v) is 14.4. The highest BCUT2D eigenvalue weighted by molar-refractivity contribution is 5.94. The van der Waals surface area contributed by atoms with Gasteiger partial charge < -0.3 is 20.0 Å². The molecular formula is C45H46N6O3. The first-order valence-electron chi connectivity index (χ1n) is 18.5. The molecular weight excluding hydrogens is 673 g/mol. The quantitative estimate of drug-likeness (QED) is 0.121. The number of aliphatic hydroxyl groups is 1. The van der Waals surface area contributed by atoms with E-state index in [9.17, 15) is 15.0 Å². The highest BCUT2D eigenvalue weighted by Gasteiger charge is 2.52. The average molecular weight is 719 g/mol. The molecule has 54 heavy (non-hydrogen) atoms. The molecule has 1 unspecified atom stereocenters. The van der Waals surface area contributed by atoms with E-state index in [1.54, 1.807) is 13.8 Å². The summed E-state index contributed by atoms with van der Waals surface area (Å²) in [5.74, 6) is -0.490. The Kier molecular flexibility index (Phi) is 9.68. The van der Waals surface area contributed by atoms with Gasteiger partial charge in [-0.2, -0.15) is 0 Å². The largest absolute Gasteiger partial charge is 0.477 e. The Balaban J connectivity index is 1.40. The number of anilines is 1. The lowest BCUT2D eigenvalue weighted by atomic mass is 9.77. The minimum absolute atomic E-state index is 0.0895. The third-order valence-electron chi connectivity index (χ3n) is 10.6. The number of hydrogen-bond acceptors (Lipinski definition) is 7. The zero-order valence-electron chi connectivity index (χ0n) is 31.4. The number of benzene rings is 5. The lowest BCUT2D eigenvalue weighted by Crippen LogP contribution is -2.54. The Morgan fingerprint density at radius 3 is 1.69 bits per heavy atom. The lowest BCUT2D eigenvalue weighted by Gasteiger charge is -2.45. The molecule has 2 N–H and O–H groups in total. The number of carboxylic acids is 1. The van der Waals surface area contributed by atoms with Crippen molar-refractivity contribution in [2.24, 2.45) is 0 Å². The van der Waals surface area contributed by atoms with E-state index in [0.717, 1.165) is 45.5 Å². The van der Waals surface area contributed by atoms with Crippen LogP contribution in [-0.2, 0) is 10.3 Å². The normalized spacial score (nSPS) is 16.3. The van der Waals surface area contributed by atoms with Gasteiger partial charge in [-0.3, -0.25) is 0 Å². The summed E-state index contributed by atoms with van der Waals surface area (Å²) in [6, 6.07) is 47.0. The number of rotatable bonds is 12. The standard InChI is InChI=1S/C45H46N6O3/c1-6-31-44(5)49(7-2)40(43(3,4)54)39(42(52)53)50(44)36-29-27-32(28-30-36)37-25-17-18-26-38(37)41-46-47-48-51(41)45(33-19-11-8-12-20-33,34-21-13-9-14-22-34)35-23-15-10-16-24-35/h8-30,54H,6-7,31H2,1-5H3,(H,52,53). The third-order valence-corrected chi connectivity index (χ3v) is 10.6. The Labute approximate surface area is 316 Å². The first-order chi connectivity index (χ1) is 26.1. The number of aliphatic carboxylic acids is 1. The van der Waals surface area contributed by atoms with Gasteiger partial charge in [-0.1, -0.05) is 141 Å². The van der Waals surface area contributed by atoms with Crippen LogP contribution in [0, 0.1) is 0 Å². The molecule has 0 amide bonds. The van der Waals surface area contributed by atoms with Crippen LogP contribution in [0.3, 0.4) is 0 Å². The molecule has 5 aromatic carbocycles. The molecule has 1 aliphatic heterocycles. The molecule has 2 heterocycles. The molecule has 9 nitrogen and oxygen atoms in total. The SMILES string of the molecule is CCCC1(C)N(CC)C(C(C)(C)O)=C(C(=O)O)N1c1ccc(-c2ccccc2-c2nnnn2C(c2ccccc2)(c2ccccc2)c2ccccc2)cc1. The van der Waals surface area contributed by atoms with E-state index in [-0.39, 0.29) is 5.70 Å². The molecule has 0 saturated carbocycles. The predicted molar refractivity (Wildman–Crippen MR) is 212 cm³/mol. The number of tetrazole rings is 1. The zero-order valence-corrected chi connectivity index (χ0v) is 31.4. The smallest absolute Gasteiger partial charge is 0.354 e. The first kappa shape index (κ1) is 36.3. The van der Waals surface area contributed by atoms with Gasteiger partial charge in [0.2, 0.25) is 0 Å². The molecule has 0 bridgehead atoms. The predicted octanol–water partition coefficient (Wildman–Crippen LogP) is 8.57. The van der Waals surface area contributed by atoms with Crippen LogP contribution in [-0.4, -0.2) is 59.1 Å². The molecule has 274 valence electrons. The third kappa shape index (κ3) is 5.94. The molecule has 7 rings (SSSR count). The van der Waals surface area contributed by atoms with Crippen LogP contribution < -0.4 is 4.90 Å². The first-order valence-corrected chi connectivity index (χ1v) is 18.5. The van der Waals surface area contributed by atoms with Crippen LogP contribution >= 0.6 is 0 Å². The van der Waals surface area contributed by atoms with Crippen molar-refractivity contribution in [2.75, 3.05) is 11.4 Å². The number of aromatic nitrogens is 4. The molecule has 6 aromatic rings. The average Bonchev–Trinajstić information content (AvgIpc) is 3.78. The van der Waals surface area contributed by atoms with Gasteiger partial charge in [-0.15, -0.1) is 5.10 Å². The summed E-state index contributed by atoms with van der Waals surface area (Å²) in [6.45, 7) is 10.00. The minimum Gasteiger partial charge on any atom is -0.477 e. The maximum Gasteiger partial charge on any atom is 0.354 e. The van der Waals surface area contributed by atoms with Gasteiger partial charge in [0.05, 0.1) is 5.70 Å². The van der Waals surface area contributed by atoms with Crippen molar-refractivity contribution in [3.05, 3.63) is 168 Å². The van der Waals surface area contributed by atoms with Crippen LogP contribution in [0.5, 0.6) is 0 Å². The fourth-order valence-electron chi connectivity index (χ4n) is 8.49. The molecule has 0 aliphatic carbocycles. The summed E-state index contributed by atoms with van der Waals surface area (Å²) in [5, 5.41) is 35.7. The lowest BCUT2D eigenvalue weighted by molar-refractivity contribution is -0.133. The maximum atomic E-state index is 13.0. The Morgan fingerprint density at radius 1 is 0.722 bits per heavy atom. The van der Waals surface area contributed by atoms with E-state index in [1.807, 2.05) is 118 Å². The monoisotopic (exact) mass is 718 g/mol. The van der Waals surface area contributed by atoms with Gasteiger partial charge in [0.1, 0.15) is 16.8 Å². The Bertz CT molecular complexity index is 2170. The highest BCUT2D eigenvalue weighted by Crippen LogP contribution is 2.48. The van der Waals surface area contributed by atoms with Crippen molar-refractivity contribution < 1.29 is 15.0 Å². The number of carbonyl (C=O) groups is 1. The number of likely N-dealkylation sites (N-methyl/N-ethyl adjacent to an activating group) is 1. The van der Waals surface area contributed by atoms with E-state index in [0.29, 0.717) is 24.5 Å². The number of nitrogens with zero attached hydrogens (tertiary/aromatic N) is 6. The fraction of sp³-hybridized carbons (Fsp3) is 0.244. The van der Waals surface area contributed by atoms with Gasteiger partial charge in [0, 0.05) is 17.8 Å². The maximum absolute atomic E-state index is 13.0. The van der Waals surface area contributed by atoms with Crippen molar-refractivity contribution in [1.29, 1.82) is 0 Å². The second-order valence-electron chi connectivity index (χ2n) is 14.4. The molecule has 0 fully saturated rings. The zero-order chi connectivity index (χ0) is 38.1. The summed E-state index contributed by atoms with van der Waals surface area (Å²) >= 11 is 0. The van der Waals surface area contributed by atoms with Crippen LogP contribution in [0.25, 0.3) is 22.5 Å².